The molecule has 0 unspecified atom stereocenters. The summed E-state index contributed by atoms with van der Waals surface area (Å²) in [5.74, 6) is 1.19. The Morgan fingerprint density at radius 3 is 3.07 bits per heavy atom. The quantitative estimate of drug-likeness (QED) is 0.792. The van der Waals surface area contributed by atoms with Crippen LogP contribution < -0.4 is 10.6 Å². The molecule has 0 bridgehead atoms. The number of urea groups is 1. The Balaban J connectivity index is 2.31. The average molecular weight is 222 g/mol. The van der Waals surface area contributed by atoms with E-state index in [4.69, 9.17) is 5.73 Å². The molecule has 1 aliphatic rings. The first kappa shape index (κ1) is 10.4. The molecule has 0 aromatic heterocycles. The monoisotopic (exact) mass is 222 g/mol. The zero-order valence-corrected chi connectivity index (χ0v) is 9.51. The van der Waals surface area contributed by atoms with Crippen LogP contribution in [0.25, 0.3) is 0 Å². The molecule has 4 heteroatoms. The number of carbonyl (C=O) groups excluding carboxylic acids is 1. The van der Waals surface area contributed by atoms with Crippen LogP contribution in [-0.4, -0.2) is 18.8 Å². The van der Waals surface area contributed by atoms with Gasteiger partial charge in [0.05, 0.1) is 0 Å². The van der Waals surface area contributed by atoms with E-state index < -0.39 is 6.03 Å². The lowest BCUT2D eigenvalue weighted by Crippen LogP contribution is -2.31. The summed E-state index contributed by atoms with van der Waals surface area (Å²) in [6, 6.07) is 5.67. The Labute approximate surface area is 93.6 Å². The van der Waals surface area contributed by atoms with E-state index in [-0.39, 0.29) is 0 Å². The van der Waals surface area contributed by atoms with E-state index in [2.05, 4.69) is 12.1 Å². The molecule has 0 saturated heterocycles. The molecule has 2 rings (SSSR count). The maximum atomic E-state index is 11.0. The van der Waals surface area contributed by atoms with E-state index in [9.17, 15) is 4.79 Å². The molecule has 0 saturated carbocycles. The van der Waals surface area contributed by atoms with E-state index in [1.54, 1.807) is 7.05 Å². The number of primary amides is 1. The van der Waals surface area contributed by atoms with Crippen LogP contribution in [0.5, 0.6) is 0 Å². The van der Waals surface area contributed by atoms with E-state index >= 15 is 0 Å². The number of hydrogen-bond acceptors (Lipinski definition) is 2. The van der Waals surface area contributed by atoms with Crippen LogP contribution in [0, 0.1) is 0 Å². The lowest BCUT2D eigenvalue weighted by atomic mass is 10.1. The summed E-state index contributed by atoms with van der Waals surface area (Å²) >= 11 is 1.88. The van der Waals surface area contributed by atoms with Gasteiger partial charge in [0.1, 0.15) is 0 Å². The van der Waals surface area contributed by atoms with Crippen molar-refractivity contribution in [2.75, 3.05) is 17.7 Å². The topological polar surface area (TPSA) is 46.3 Å². The van der Waals surface area contributed by atoms with Crippen molar-refractivity contribution in [2.45, 2.75) is 17.7 Å². The summed E-state index contributed by atoms with van der Waals surface area (Å²) in [5, 5.41) is 0. The number of hydrogen-bond donors (Lipinski definition) is 1. The van der Waals surface area contributed by atoms with E-state index in [0.717, 1.165) is 12.1 Å². The van der Waals surface area contributed by atoms with E-state index in [1.807, 2.05) is 17.8 Å². The number of rotatable bonds is 1. The molecule has 1 heterocycles. The van der Waals surface area contributed by atoms with Crippen molar-refractivity contribution < 1.29 is 4.79 Å². The number of carbonyl (C=O) groups is 1. The molecule has 0 radical (unpaired) electrons. The minimum absolute atomic E-state index is 0.418. The first-order valence-corrected chi connectivity index (χ1v) is 5.96. The van der Waals surface area contributed by atoms with Crippen LogP contribution in [0.3, 0.4) is 0 Å². The van der Waals surface area contributed by atoms with Crippen molar-refractivity contribution in [1.82, 2.24) is 0 Å². The van der Waals surface area contributed by atoms with Crippen molar-refractivity contribution >= 4 is 23.5 Å². The van der Waals surface area contributed by atoms with Gasteiger partial charge in [0.2, 0.25) is 0 Å². The highest BCUT2D eigenvalue weighted by molar-refractivity contribution is 7.99. The summed E-state index contributed by atoms with van der Waals surface area (Å²) < 4.78 is 0. The molecular formula is C11H14N2OS. The van der Waals surface area contributed by atoms with E-state index in [0.29, 0.717) is 0 Å². The molecule has 2 amide bonds. The van der Waals surface area contributed by atoms with Gasteiger partial charge in [0, 0.05) is 17.6 Å². The lowest BCUT2D eigenvalue weighted by Gasteiger charge is -2.19. The van der Waals surface area contributed by atoms with Crippen LogP contribution in [0.2, 0.25) is 0 Å². The first-order chi connectivity index (χ1) is 7.18. The van der Waals surface area contributed by atoms with Gasteiger partial charge in [-0.25, -0.2) is 4.79 Å². The van der Waals surface area contributed by atoms with E-state index in [1.165, 1.54) is 27.5 Å². The van der Waals surface area contributed by atoms with Crippen LogP contribution in [0.1, 0.15) is 12.0 Å². The summed E-state index contributed by atoms with van der Waals surface area (Å²) in [5.41, 5.74) is 7.43. The average Bonchev–Trinajstić information content (AvgIpc) is 2.27. The molecule has 1 aromatic carbocycles. The SMILES string of the molecule is CN(C(N)=O)c1ccc2c(c1)CCCS2. The highest BCUT2D eigenvalue weighted by Gasteiger charge is 2.13. The van der Waals surface area contributed by atoms with Crippen molar-refractivity contribution in [3.05, 3.63) is 23.8 Å². The van der Waals surface area contributed by atoms with Gasteiger partial charge in [-0.05, 0) is 42.4 Å². The molecule has 3 nitrogen and oxygen atoms in total. The molecule has 1 aliphatic heterocycles. The van der Waals surface area contributed by atoms with Crippen LogP contribution in [-0.2, 0) is 6.42 Å². The molecule has 0 spiro atoms. The summed E-state index contributed by atoms with van der Waals surface area (Å²) in [4.78, 5) is 13.8. The van der Waals surface area contributed by atoms with Crippen molar-refractivity contribution in [2.24, 2.45) is 5.73 Å². The molecule has 2 N–H and O–H groups in total. The third kappa shape index (κ3) is 2.09. The molecule has 80 valence electrons. The van der Waals surface area contributed by atoms with Gasteiger partial charge in [0.25, 0.3) is 0 Å². The van der Waals surface area contributed by atoms with Gasteiger partial charge in [-0.2, -0.15) is 0 Å². The highest BCUT2D eigenvalue weighted by atomic mass is 32.2. The number of anilines is 1. The largest absolute Gasteiger partial charge is 0.351 e. The Morgan fingerprint density at radius 1 is 1.53 bits per heavy atom. The van der Waals surface area contributed by atoms with Gasteiger partial charge in [-0.1, -0.05) is 0 Å². The van der Waals surface area contributed by atoms with Crippen LogP contribution in [0.4, 0.5) is 10.5 Å². The number of fused-ring (bicyclic) bond motifs is 1. The normalized spacial score (nSPS) is 14.5. The predicted octanol–water partition coefficient (Wildman–Crippen LogP) is 2.24. The zero-order valence-electron chi connectivity index (χ0n) is 8.69. The second-order valence-electron chi connectivity index (χ2n) is 3.64. The highest BCUT2D eigenvalue weighted by Crippen LogP contribution is 2.32. The number of nitrogens with two attached hydrogens (primary N) is 1. The molecular weight excluding hydrogens is 208 g/mol. The standard InChI is InChI=1S/C11H14N2OS/c1-13(11(12)14)9-4-5-10-8(7-9)3-2-6-15-10/h4-5,7H,2-3,6H2,1H3,(H2,12,14). The zero-order chi connectivity index (χ0) is 10.8. The van der Waals surface area contributed by atoms with Gasteiger partial charge in [-0.15, -0.1) is 11.8 Å². The number of nitrogens with zero attached hydrogens (tertiary/aromatic N) is 1. The summed E-state index contributed by atoms with van der Waals surface area (Å²) in [6.45, 7) is 0. The fourth-order valence-corrected chi connectivity index (χ4v) is 2.70. The first-order valence-electron chi connectivity index (χ1n) is 4.97. The predicted molar refractivity (Wildman–Crippen MR) is 63.5 cm³/mol. The molecule has 0 aliphatic carbocycles. The van der Waals surface area contributed by atoms with Crippen LogP contribution in [0.15, 0.2) is 23.1 Å². The number of amides is 2. The smallest absolute Gasteiger partial charge is 0.318 e. The van der Waals surface area contributed by atoms with Gasteiger partial charge in [0.15, 0.2) is 0 Å². The van der Waals surface area contributed by atoms with Crippen molar-refractivity contribution in [3.63, 3.8) is 0 Å². The maximum Gasteiger partial charge on any atom is 0.318 e. The third-order valence-electron chi connectivity index (χ3n) is 2.61. The lowest BCUT2D eigenvalue weighted by molar-refractivity contribution is 0.255. The maximum absolute atomic E-state index is 11.0. The van der Waals surface area contributed by atoms with Crippen molar-refractivity contribution in [3.8, 4) is 0 Å². The minimum atomic E-state index is -0.418. The molecule has 0 atom stereocenters. The Bertz CT molecular complexity index is 392. The Hall–Kier alpha value is -1.16. The second kappa shape index (κ2) is 4.14. The number of thioether (sulfide) groups is 1. The van der Waals surface area contributed by atoms with Crippen molar-refractivity contribution in [1.29, 1.82) is 0 Å². The van der Waals surface area contributed by atoms with Crippen LogP contribution >= 0.6 is 11.8 Å². The molecule has 0 fully saturated rings. The summed E-state index contributed by atoms with van der Waals surface area (Å²) in [7, 11) is 1.69. The Kier molecular flexibility index (Phi) is 2.86. The molecule has 1 aromatic rings. The van der Waals surface area contributed by atoms with Gasteiger partial charge >= 0.3 is 6.03 Å². The molecule has 15 heavy (non-hydrogen) atoms. The second-order valence-corrected chi connectivity index (χ2v) is 4.78. The van der Waals surface area contributed by atoms with Gasteiger partial charge in [-0.3, -0.25) is 4.90 Å². The number of benzene rings is 1. The fraction of sp³-hybridized carbons (Fsp3) is 0.364. The minimum Gasteiger partial charge on any atom is -0.351 e. The fourth-order valence-electron chi connectivity index (χ4n) is 1.68. The summed E-state index contributed by atoms with van der Waals surface area (Å²) in [6.07, 6.45) is 2.31. The third-order valence-corrected chi connectivity index (χ3v) is 3.81. The van der Waals surface area contributed by atoms with Gasteiger partial charge < -0.3 is 5.73 Å². The Morgan fingerprint density at radius 2 is 2.33 bits per heavy atom. The number of aryl methyl sites for hydroxylation is 1.